The predicted octanol–water partition coefficient (Wildman–Crippen LogP) is 11.4. The van der Waals surface area contributed by atoms with Crippen LogP contribution < -0.4 is 0 Å². The summed E-state index contributed by atoms with van der Waals surface area (Å²) in [6, 6.07) is 37.8. The normalized spacial score (nSPS) is 14.8. The molecule has 4 aromatic heterocycles. The van der Waals surface area contributed by atoms with Crippen LogP contribution in [0.3, 0.4) is 0 Å². The smallest absolute Gasteiger partial charge is 0.216 e. The third-order valence-corrected chi connectivity index (χ3v) is 8.21. The van der Waals surface area contributed by atoms with Crippen molar-refractivity contribution in [3.05, 3.63) is 150 Å². The Morgan fingerprint density at radius 3 is 2.29 bits per heavy atom. The standard InChI is InChI=1S/C31H25N2O.C13H12N.Ir/c1-19-12-13-25-24-10-7-11-26(29(24)34-30(25)33-19)28-18-20(16-17-32-28)21-14-15-27(31(2,3)4)23-9-6-5-8-22(21)23;1-10-3-6-12(7-4-10)13-8-5-11(2)9-14-13;/h5-10,12-18H,1-4H3;3-6,8-9H,1-2H3;/q2*-1;/i1D3;1D3,2D3;. The van der Waals surface area contributed by atoms with E-state index in [0.29, 0.717) is 28.1 Å². The molecule has 8 aromatic rings. The third-order valence-electron chi connectivity index (χ3n) is 8.21. The Bertz CT molecular complexity index is 2680. The van der Waals surface area contributed by atoms with Gasteiger partial charge in [-0.3, -0.25) is 0 Å². The van der Waals surface area contributed by atoms with Crippen LogP contribution in [0.4, 0.5) is 0 Å². The Morgan fingerprint density at radius 1 is 0.714 bits per heavy atom. The third kappa shape index (κ3) is 6.96. The summed E-state index contributed by atoms with van der Waals surface area (Å²) in [6.07, 6.45) is 3.10. The van der Waals surface area contributed by atoms with Gasteiger partial charge < -0.3 is 14.4 Å². The molecule has 0 aliphatic heterocycles. The fourth-order valence-corrected chi connectivity index (χ4v) is 5.89. The van der Waals surface area contributed by atoms with E-state index in [0.717, 1.165) is 27.6 Å². The summed E-state index contributed by atoms with van der Waals surface area (Å²) in [7, 11) is 0. The van der Waals surface area contributed by atoms with E-state index in [1.54, 1.807) is 24.4 Å². The van der Waals surface area contributed by atoms with Crippen LogP contribution in [0.2, 0.25) is 0 Å². The van der Waals surface area contributed by atoms with Crippen LogP contribution in [0.25, 0.3) is 66.5 Å². The first kappa shape index (κ1) is 24.2. The number of fused-ring (bicyclic) bond motifs is 4. The summed E-state index contributed by atoms with van der Waals surface area (Å²) >= 11 is 0. The summed E-state index contributed by atoms with van der Waals surface area (Å²) in [5, 5.41) is 4.05. The maximum atomic E-state index is 7.68. The van der Waals surface area contributed by atoms with Crippen molar-refractivity contribution >= 4 is 32.8 Å². The van der Waals surface area contributed by atoms with Gasteiger partial charge in [0, 0.05) is 55.9 Å². The molecule has 0 spiro atoms. The first-order valence-corrected chi connectivity index (χ1v) is 15.5. The maximum Gasteiger partial charge on any atom is 0.216 e. The number of aryl methyl sites for hydroxylation is 3. The molecule has 0 unspecified atom stereocenters. The molecule has 5 heteroatoms. The molecular weight excluding hydrogens is 779 g/mol. The van der Waals surface area contributed by atoms with Gasteiger partial charge in [0.1, 0.15) is 0 Å². The molecule has 1 radical (unpaired) electrons. The fraction of sp³-hybridized carbons (Fsp3) is 0.159. The Balaban J connectivity index is 0.000000230. The summed E-state index contributed by atoms with van der Waals surface area (Å²) in [6.45, 7) is 0.0629. The predicted molar refractivity (Wildman–Crippen MR) is 198 cm³/mol. The number of furan rings is 1. The molecule has 4 aromatic carbocycles. The van der Waals surface area contributed by atoms with Crippen molar-refractivity contribution in [2.24, 2.45) is 0 Å². The second-order valence-electron chi connectivity index (χ2n) is 12.6. The molecule has 0 atom stereocenters. The quantitative estimate of drug-likeness (QED) is 0.167. The van der Waals surface area contributed by atoms with Crippen molar-refractivity contribution in [3.63, 3.8) is 0 Å². The van der Waals surface area contributed by atoms with Gasteiger partial charge in [-0.2, -0.15) is 0 Å². The van der Waals surface area contributed by atoms with E-state index in [2.05, 4.69) is 90.3 Å². The zero-order valence-corrected chi connectivity index (χ0v) is 29.4. The second kappa shape index (κ2) is 13.9. The largest absolute Gasteiger partial charge is 0.486 e. The summed E-state index contributed by atoms with van der Waals surface area (Å²) in [5.74, 6) is 0. The van der Waals surface area contributed by atoms with Crippen LogP contribution in [-0.4, -0.2) is 15.0 Å². The molecule has 0 N–H and O–H groups in total. The minimum absolute atomic E-state index is 0. The van der Waals surface area contributed by atoms with E-state index in [1.165, 1.54) is 46.8 Å². The van der Waals surface area contributed by atoms with E-state index in [4.69, 9.17) is 16.8 Å². The van der Waals surface area contributed by atoms with Gasteiger partial charge >= 0.3 is 0 Å². The van der Waals surface area contributed by atoms with E-state index >= 15 is 0 Å². The van der Waals surface area contributed by atoms with Gasteiger partial charge in [-0.05, 0) is 81.7 Å². The summed E-state index contributed by atoms with van der Waals surface area (Å²) < 4.78 is 72.8. The molecule has 4 nitrogen and oxygen atoms in total. The molecule has 4 heterocycles. The molecule has 245 valence electrons. The molecule has 0 amide bonds. The van der Waals surface area contributed by atoms with E-state index < -0.39 is 20.6 Å². The Labute approximate surface area is 314 Å². The van der Waals surface area contributed by atoms with Crippen molar-refractivity contribution < 1.29 is 36.9 Å². The molecule has 0 saturated heterocycles. The van der Waals surface area contributed by atoms with Crippen LogP contribution in [-0.2, 0) is 25.5 Å². The zero-order chi connectivity index (χ0) is 40.9. The second-order valence-corrected chi connectivity index (χ2v) is 12.6. The number of benzene rings is 4. The first-order valence-electron chi connectivity index (χ1n) is 20.0. The number of nitrogens with zero attached hydrogens (tertiary/aromatic N) is 3. The van der Waals surface area contributed by atoms with Crippen molar-refractivity contribution in [1.29, 1.82) is 0 Å². The van der Waals surface area contributed by atoms with Crippen LogP contribution in [0.1, 0.15) is 55.5 Å². The molecule has 0 aliphatic rings. The Hall–Kier alpha value is -4.96. The molecule has 8 rings (SSSR count). The monoisotopic (exact) mass is 825 g/mol. The molecule has 49 heavy (non-hydrogen) atoms. The molecule has 0 bridgehead atoms. The summed E-state index contributed by atoms with van der Waals surface area (Å²) in [4.78, 5) is 13.0. The minimum Gasteiger partial charge on any atom is -0.486 e. The number of hydrogen-bond donors (Lipinski definition) is 0. The molecule has 0 fully saturated rings. The van der Waals surface area contributed by atoms with E-state index in [9.17, 15) is 0 Å². The number of aromatic nitrogens is 3. The van der Waals surface area contributed by atoms with Crippen molar-refractivity contribution in [2.45, 2.75) is 46.7 Å². The average Bonchev–Trinajstić information content (AvgIpc) is 3.55. The molecular formula is C44H37IrN3O-2. The van der Waals surface area contributed by atoms with Crippen molar-refractivity contribution in [3.8, 4) is 33.6 Å². The number of hydrogen-bond acceptors (Lipinski definition) is 4. The minimum atomic E-state index is -2.30. The van der Waals surface area contributed by atoms with E-state index in [1.807, 2.05) is 18.2 Å². The maximum absolute atomic E-state index is 7.68. The van der Waals surface area contributed by atoms with Gasteiger partial charge in [0.05, 0.1) is 5.58 Å². The fourth-order valence-electron chi connectivity index (χ4n) is 5.89. The van der Waals surface area contributed by atoms with Crippen LogP contribution in [0.15, 0.2) is 120 Å². The molecule has 0 saturated carbocycles. The Kier molecular flexibility index (Phi) is 6.86. The average molecular weight is 825 g/mol. The number of rotatable bonds is 3. The number of pyridine rings is 3. The first-order chi connectivity index (χ1) is 26.8. The van der Waals surface area contributed by atoms with Gasteiger partial charge in [-0.1, -0.05) is 93.2 Å². The van der Waals surface area contributed by atoms with Crippen molar-refractivity contribution in [2.75, 3.05) is 0 Å². The van der Waals surface area contributed by atoms with Crippen LogP contribution in [0, 0.1) is 32.7 Å². The van der Waals surface area contributed by atoms with Crippen LogP contribution in [0.5, 0.6) is 0 Å². The topological polar surface area (TPSA) is 51.8 Å². The SMILES string of the molecule is [2H]C([2H])([2H])c1c[c-]c(-c2ccc(C([2H])([2H])[2H])cn2)cc1.[2H]C([2H])([2H])c1ccc2c(n1)oc1c(-c3cc(-c4ccc(C(C)(C)C)c5ccccc45)ccn3)[c-]ccc12.[Ir]. The molecule has 0 aliphatic carbocycles. The Morgan fingerprint density at radius 2 is 1.55 bits per heavy atom. The van der Waals surface area contributed by atoms with Crippen molar-refractivity contribution in [1.82, 2.24) is 15.0 Å². The van der Waals surface area contributed by atoms with Gasteiger partial charge in [0.15, 0.2) is 0 Å². The summed E-state index contributed by atoms with van der Waals surface area (Å²) in [5.41, 5.74) is 7.40. The van der Waals surface area contributed by atoms with Crippen LogP contribution >= 0.6 is 0 Å². The zero-order valence-electron chi connectivity index (χ0n) is 36.1. The van der Waals surface area contributed by atoms with Gasteiger partial charge in [0.2, 0.25) is 5.71 Å². The van der Waals surface area contributed by atoms with Gasteiger partial charge in [0.25, 0.3) is 0 Å². The van der Waals surface area contributed by atoms with Gasteiger partial charge in [-0.25, -0.2) is 4.98 Å². The van der Waals surface area contributed by atoms with Gasteiger partial charge in [-0.15, -0.1) is 53.6 Å². The van der Waals surface area contributed by atoms with E-state index in [-0.39, 0.29) is 42.3 Å².